The maximum atomic E-state index is 12.4. The van der Waals surface area contributed by atoms with Gasteiger partial charge in [0.2, 0.25) is 0 Å². The lowest BCUT2D eigenvalue weighted by Gasteiger charge is -2.11. The fourth-order valence-corrected chi connectivity index (χ4v) is 3.80. The molecule has 2 aromatic carbocycles. The Morgan fingerprint density at radius 2 is 1.82 bits per heavy atom. The van der Waals surface area contributed by atoms with Gasteiger partial charge in [-0.15, -0.1) is 0 Å². The van der Waals surface area contributed by atoms with Crippen LogP contribution in [0.25, 0.3) is 0 Å². The minimum Gasteiger partial charge on any atom is -0.268 e. The predicted octanol–water partition coefficient (Wildman–Crippen LogP) is 3.84. The Bertz CT molecular complexity index is 850. The molecular formula is C15H13BrClNO3S. The van der Waals surface area contributed by atoms with Crippen molar-refractivity contribution in [1.82, 2.24) is 4.72 Å². The molecule has 22 heavy (non-hydrogen) atoms. The summed E-state index contributed by atoms with van der Waals surface area (Å²) in [5.41, 5.74) is 1.51. The summed E-state index contributed by atoms with van der Waals surface area (Å²) in [5, 5.41) is 0.345. The quantitative estimate of drug-likeness (QED) is 0.848. The van der Waals surface area contributed by atoms with E-state index in [0.29, 0.717) is 15.1 Å². The SMILES string of the molecule is Cc1ccc(C)c(S(=O)(=O)NC(=O)c2cc(Cl)ccc2Br)c1. The third-order valence-corrected chi connectivity index (χ3v) is 5.43. The van der Waals surface area contributed by atoms with E-state index in [9.17, 15) is 13.2 Å². The van der Waals surface area contributed by atoms with E-state index in [-0.39, 0.29) is 10.5 Å². The van der Waals surface area contributed by atoms with E-state index in [1.807, 2.05) is 6.07 Å². The van der Waals surface area contributed by atoms with Crippen LogP contribution in [0, 0.1) is 13.8 Å². The summed E-state index contributed by atoms with van der Waals surface area (Å²) in [6, 6.07) is 9.62. The Labute approximate surface area is 142 Å². The first-order valence-corrected chi connectivity index (χ1v) is 8.95. The van der Waals surface area contributed by atoms with Gasteiger partial charge in [-0.25, -0.2) is 13.1 Å². The van der Waals surface area contributed by atoms with Gasteiger partial charge in [-0.1, -0.05) is 23.7 Å². The third kappa shape index (κ3) is 3.69. The molecule has 0 aliphatic rings. The second kappa shape index (κ2) is 6.40. The van der Waals surface area contributed by atoms with Gasteiger partial charge in [0.25, 0.3) is 15.9 Å². The van der Waals surface area contributed by atoms with E-state index in [4.69, 9.17) is 11.6 Å². The first kappa shape index (κ1) is 17.0. The highest BCUT2D eigenvalue weighted by Crippen LogP contribution is 2.22. The fourth-order valence-electron chi connectivity index (χ4n) is 1.90. The average Bonchev–Trinajstić information content (AvgIpc) is 2.43. The number of hydrogen-bond donors (Lipinski definition) is 1. The minimum absolute atomic E-state index is 0.0824. The number of benzene rings is 2. The van der Waals surface area contributed by atoms with Crippen molar-refractivity contribution >= 4 is 43.5 Å². The van der Waals surface area contributed by atoms with Gasteiger partial charge in [-0.2, -0.15) is 0 Å². The highest BCUT2D eigenvalue weighted by molar-refractivity contribution is 9.10. The van der Waals surface area contributed by atoms with Crippen molar-refractivity contribution in [3.8, 4) is 0 Å². The monoisotopic (exact) mass is 401 g/mol. The van der Waals surface area contributed by atoms with Gasteiger partial charge in [-0.05, 0) is 65.2 Å². The minimum atomic E-state index is -3.95. The summed E-state index contributed by atoms with van der Waals surface area (Å²) >= 11 is 9.05. The summed E-state index contributed by atoms with van der Waals surface area (Å²) in [5.74, 6) is -0.740. The second-order valence-electron chi connectivity index (χ2n) is 4.83. The van der Waals surface area contributed by atoms with Crippen LogP contribution in [0.3, 0.4) is 0 Å². The van der Waals surface area contributed by atoms with Crippen molar-refractivity contribution in [2.75, 3.05) is 0 Å². The Morgan fingerprint density at radius 1 is 1.14 bits per heavy atom. The molecule has 0 radical (unpaired) electrons. The number of carbonyl (C=O) groups is 1. The average molecular weight is 403 g/mol. The van der Waals surface area contributed by atoms with Crippen molar-refractivity contribution in [1.29, 1.82) is 0 Å². The summed E-state index contributed by atoms with van der Waals surface area (Å²) in [7, 11) is -3.95. The van der Waals surface area contributed by atoms with Crippen molar-refractivity contribution < 1.29 is 13.2 Å². The molecule has 0 aromatic heterocycles. The lowest BCUT2D eigenvalue weighted by Crippen LogP contribution is -2.31. The molecule has 2 rings (SSSR count). The van der Waals surface area contributed by atoms with Gasteiger partial charge in [0, 0.05) is 9.50 Å². The zero-order valence-corrected chi connectivity index (χ0v) is 15.0. The summed E-state index contributed by atoms with van der Waals surface area (Å²) in [6.45, 7) is 3.46. The Kier molecular flexibility index (Phi) is 4.94. The third-order valence-electron chi connectivity index (χ3n) is 3.03. The van der Waals surface area contributed by atoms with Crippen LogP contribution >= 0.6 is 27.5 Å². The number of nitrogens with one attached hydrogen (secondary N) is 1. The van der Waals surface area contributed by atoms with Crippen molar-refractivity contribution in [3.63, 3.8) is 0 Å². The molecule has 0 bridgehead atoms. The van der Waals surface area contributed by atoms with Crippen LogP contribution in [-0.2, 0) is 10.0 Å². The van der Waals surface area contributed by atoms with Crippen LogP contribution in [0.15, 0.2) is 45.8 Å². The number of sulfonamides is 1. The molecule has 0 saturated carbocycles. The van der Waals surface area contributed by atoms with Crippen LogP contribution in [0.2, 0.25) is 5.02 Å². The molecule has 0 saturated heterocycles. The number of hydrogen-bond acceptors (Lipinski definition) is 3. The van der Waals surface area contributed by atoms with Crippen LogP contribution in [0.4, 0.5) is 0 Å². The summed E-state index contributed by atoms with van der Waals surface area (Å²) < 4.78 is 27.3. The molecule has 1 N–H and O–H groups in total. The van der Waals surface area contributed by atoms with E-state index in [2.05, 4.69) is 20.7 Å². The fraction of sp³-hybridized carbons (Fsp3) is 0.133. The zero-order chi connectivity index (χ0) is 16.5. The first-order valence-electron chi connectivity index (χ1n) is 6.30. The van der Waals surface area contributed by atoms with Crippen LogP contribution in [-0.4, -0.2) is 14.3 Å². The van der Waals surface area contributed by atoms with E-state index in [1.165, 1.54) is 12.1 Å². The van der Waals surface area contributed by atoms with Gasteiger partial charge in [-0.3, -0.25) is 4.79 Å². The molecule has 116 valence electrons. The van der Waals surface area contributed by atoms with E-state index in [0.717, 1.165) is 5.56 Å². The van der Waals surface area contributed by atoms with Crippen molar-refractivity contribution in [2.24, 2.45) is 0 Å². The molecule has 0 unspecified atom stereocenters. The standard InChI is InChI=1S/C15H13BrClNO3S/c1-9-3-4-10(2)14(7-9)22(20,21)18-15(19)12-8-11(17)5-6-13(12)16/h3-8H,1-2H3,(H,18,19). The zero-order valence-electron chi connectivity index (χ0n) is 11.9. The molecule has 0 atom stereocenters. The van der Waals surface area contributed by atoms with E-state index in [1.54, 1.807) is 32.0 Å². The Hall–Kier alpha value is -1.37. The number of carbonyl (C=O) groups excluding carboxylic acids is 1. The first-order chi connectivity index (χ1) is 10.2. The molecule has 2 aromatic rings. The summed E-state index contributed by atoms with van der Waals surface area (Å²) in [4.78, 5) is 12.3. The van der Waals surface area contributed by atoms with Gasteiger partial charge >= 0.3 is 0 Å². The molecule has 4 nitrogen and oxygen atoms in total. The lowest BCUT2D eigenvalue weighted by molar-refractivity contribution is 0.0980. The van der Waals surface area contributed by atoms with Crippen molar-refractivity contribution in [2.45, 2.75) is 18.7 Å². The Balaban J connectivity index is 2.38. The smallest absolute Gasteiger partial charge is 0.266 e. The summed E-state index contributed by atoms with van der Waals surface area (Å²) in [6.07, 6.45) is 0. The topological polar surface area (TPSA) is 63.2 Å². The molecule has 7 heteroatoms. The maximum absolute atomic E-state index is 12.4. The van der Waals surface area contributed by atoms with Crippen molar-refractivity contribution in [3.05, 3.63) is 62.6 Å². The van der Waals surface area contributed by atoms with E-state index >= 15 is 0 Å². The van der Waals surface area contributed by atoms with Gasteiger partial charge in [0.05, 0.1) is 10.5 Å². The van der Waals surface area contributed by atoms with Gasteiger partial charge in [0.1, 0.15) is 0 Å². The van der Waals surface area contributed by atoms with E-state index < -0.39 is 15.9 Å². The number of halogens is 2. The lowest BCUT2D eigenvalue weighted by atomic mass is 10.2. The number of amides is 1. The number of aryl methyl sites for hydroxylation is 2. The molecule has 1 amide bonds. The van der Waals surface area contributed by atoms with Crippen LogP contribution < -0.4 is 4.72 Å². The van der Waals surface area contributed by atoms with Crippen LogP contribution in [0.5, 0.6) is 0 Å². The second-order valence-corrected chi connectivity index (χ2v) is 7.77. The molecule has 0 spiro atoms. The van der Waals surface area contributed by atoms with Crippen LogP contribution in [0.1, 0.15) is 21.5 Å². The molecule has 0 aliphatic heterocycles. The largest absolute Gasteiger partial charge is 0.268 e. The number of rotatable bonds is 3. The van der Waals surface area contributed by atoms with Gasteiger partial charge in [0.15, 0.2) is 0 Å². The maximum Gasteiger partial charge on any atom is 0.266 e. The highest BCUT2D eigenvalue weighted by atomic mass is 79.9. The predicted molar refractivity (Wildman–Crippen MR) is 89.7 cm³/mol. The Morgan fingerprint density at radius 3 is 2.50 bits per heavy atom. The molecule has 0 fully saturated rings. The highest BCUT2D eigenvalue weighted by Gasteiger charge is 2.22. The molecular weight excluding hydrogens is 390 g/mol. The molecule has 0 aliphatic carbocycles. The normalized spacial score (nSPS) is 11.3. The van der Waals surface area contributed by atoms with Gasteiger partial charge < -0.3 is 0 Å². The molecule has 0 heterocycles.